The van der Waals surface area contributed by atoms with Crippen LogP contribution in [0.4, 0.5) is 5.69 Å². The summed E-state index contributed by atoms with van der Waals surface area (Å²) in [6.07, 6.45) is 2.46. The molecule has 2 rings (SSSR count). The average Bonchev–Trinajstić information content (AvgIpc) is 2.15. The monoisotopic (exact) mass is 197 g/mol. The fraction of sp³-hybridized carbons (Fsp3) is 0.250. The lowest BCUT2D eigenvalue weighted by molar-refractivity contribution is 0.0692. The van der Waals surface area contributed by atoms with Crippen LogP contribution in [0.1, 0.15) is 11.8 Å². The first-order valence-electron chi connectivity index (χ1n) is 3.79. The number of aliphatic hydroxyl groups excluding tert-OH is 1. The van der Waals surface area contributed by atoms with Crippen molar-refractivity contribution in [2.75, 3.05) is 7.05 Å². The third-order valence-corrected chi connectivity index (χ3v) is 2.33. The lowest BCUT2D eigenvalue weighted by Gasteiger charge is -2.28. The predicted octanol–water partition coefficient (Wildman–Crippen LogP) is 1.24. The van der Waals surface area contributed by atoms with Crippen molar-refractivity contribution in [1.29, 1.82) is 0 Å². The van der Waals surface area contributed by atoms with Crippen molar-refractivity contribution in [3.05, 3.63) is 24.0 Å². The van der Waals surface area contributed by atoms with Gasteiger partial charge in [-0.3, -0.25) is 4.98 Å². The highest BCUT2D eigenvalue weighted by atomic mass is 35.5. The standard InChI is InChI=1S/C8H8ClN3O/c1-12-7(13)5-2-3-10-4-6(5)11-8(12)9/h2-4,7,13H,1H3. The number of rotatable bonds is 0. The molecule has 0 saturated carbocycles. The summed E-state index contributed by atoms with van der Waals surface area (Å²) in [5.74, 6) is 0. The van der Waals surface area contributed by atoms with E-state index in [-0.39, 0.29) is 5.29 Å². The van der Waals surface area contributed by atoms with Crippen LogP contribution in [0, 0.1) is 0 Å². The topological polar surface area (TPSA) is 48.7 Å². The van der Waals surface area contributed by atoms with Gasteiger partial charge >= 0.3 is 0 Å². The van der Waals surface area contributed by atoms with E-state index in [9.17, 15) is 5.11 Å². The van der Waals surface area contributed by atoms with Gasteiger partial charge in [-0.15, -0.1) is 0 Å². The van der Waals surface area contributed by atoms with Crippen LogP contribution in [-0.2, 0) is 0 Å². The lowest BCUT2D eigenvalue weighted by Crippen LogP contribution is -2.30. The Bertz CT molecular complexity index is 366. The van der Waals surface area contributed by atoms with Crippen LogP contribution in [0.2, 0.25) is 0 Å². The van der Waals surface area contributed by atoms with E-state index in [1.165, 1.54) is 4.90 Å². The molecule has 1 aliphatic rings. The molecule has 0 saturated heterocycles. The van der Waals surface area contributed by atoms with Gasteiger partial charge in [0, 0.05) is 18.8 Å². The molecule has 1 N–H and O–H groups in total. The normalized spacial score (nSPS) is 21.0. The molecule has 5 heteroatoms. The minimum atomic E-state index is -0.733. The second-order valence-electron chi connectivity index (χ2n) is 2.80. The van der Waals surface area contributed by atoms with Gasteiger partial charge in [0.25, 0.3) is 0 Å². The van der Waals surface area contributed by atoms with Gasteiger partial charge in [-0.25, -0.2) is 4.99 Å². The Morgan fingerprint density at radius 3 is 3.15 bits per heavy atom. The predicted molar refractivity (Wildman–Crippen MR) is 49.9 cm³/mol. The van der Waals surface area contributed by atoms with Crippen LogP contribution >= 0.6 is 11.6 Å². The molecule has 68 valence electrons. The van der Waals surface area contributed by atoms with E-state index in [0.717, 1.165) is 5.56 Å². The largest absolute Gasteiger partial charge is 0.369 e. The summed E-state index contributed by atoms with van der Waals surface area (Å²) in [7, 11) is 1.68. The third kappa shape index (κ3) is 1.28. The van der Waals surface area contributed by atoms with Crippen molar-refractivity contribution in [2.45, 2.75) is 6.23 Å². The Labute approximate surface area is 80.5 Å². The summed E-state index contributed by atoms with van der Waals surface area (Å²) in [5, 5.41) is 10.0. The van der Waals surface area contributed by atoms with Crippen LogP contribution in [0.15, 0.2) is 23.5 Å². The average molecular weight is 198 g/mol. The van der Waals surface area contributed by atoms with E-state index >= 15 is 0 Å². The van der Waals surface area contributed by atoms with E-state index in [4.69, 9.17) is 11.6 Å². The zero-order chi connectivity index (χ0) is 9.42. The molecule has 0 aromatic carbocycles. The summed E-state index contributed by atoms with van der Waals surface area (Å²) in [4.78, 5) is 9.45. The second kappa shape index (κ2) is 2.97. The molecule has 0 fully saturated rings. The molecule has 13 heavy (non-hydrogen) atoms. The van der Waals surface area contributed by atoms with Gasteiger partial charge in [0.15, 0.2) is 6.23 Å². The molecular formula is C8H8ClN3O. The maximum atomic E-state index is 9.73. The second-order valence-corrected chi connectivity index (χ2v) is 3.14. The number of hydrogen-bond acceptors (Lipinski definition) is 4. The first-order valence-corrected chi connectivity index (χ1v) is 4.17. The molecule has 4 nitrogen and oxygen atoms in total. The number of fused-ring (bicyclic) bond motifs is 1. The molecule has 0 radical (unpaired) electrons. The van der Waals surface area contributed by atoms with Crippen molar-refractivity contribution in [3.63, 3.8) is 0 Å². The van der Waals surface area contributed by atoms with Crippen molar-refractivity contribution in [2.24, 2.45) is 4.99 Å². The van der Waals surface area contributed by atoms with Crippen LogP contribution in [0.3, 0.4) is 0 Å². The highest BCUT2D eigenvalue weighted by Gasteiger charge is 2.23. The number of pyridine rings is 1. The third-order valence-electron chi connectivity index (χ3n) is 1.98. The van der Waals surface area contributed by atoms with Crippen LogP contribution in [-0.4, -0.2) is 27.3 Å². The molecular weight excluding hydrogens is 190 g/mol. The summed E-state index contributed by atoms with van der Waals surface area (Å²) in [6.45, 7) is 0. The van der Waals surface area contributed by atoms with Crippen molar-refractivity contribution >= 4 is 22.6 Å². The van der Waals surface area contributed by atoms with E-state index in [1.54, 1.807) is 25.5 Å². The maximum Gasteiger partial charge on any atom is 0.201 e. The quantitative estimate of drug-likeness (QED) is 0.637. The summed E-state index contributed by atoms with van der Waals surface area (Å²) in [5.41, 5.74) is 1.35. The fourth-order valence-corrected chi connectivity index (χ4v) is 1.38. The van der Waals surface area contributed by atoms with Crippen LogP contribution in [0.5, 0.6) is 0 Å². The molecule has 0 aliphatic carbocycles. The zero-order valence-electron chi connectivity index (χ0n) is 6.98. The summed E-state index contributed by atoms with van der Waals surface area (Å²) >= 11 is 5.78. The first-order chi connectivity index (χ1) is 6.20. The number of aliphatic imine (C=N–C) groups is 1. The number of aromatic nitrogens is 1. The van der Waals surface area contributed by atoms with Crippen LogP contribution < -0.4 is 0 Å². The SMILES string of the molecule is CN1C(Cl)=Nc2cnccc2C1O. The number of halogens is 1. The smallest absolute Gasteiger partial charge is 0.201 e. The van der Waals surface area contributed by atoms with Crippen molar-refractivity contribution in [1.82, 2.24) is 9.88 Å². The van der Waals surface area contributed by atoms with Gasteiger partial charge < -0.3 is 10.0 Å². The van der Waals surface area contributed by atoms with Crippen LogP contribution in [0.25, 0.3) is 0 Å². The first kappa shape index (κ1) is 8.47. The molecule has 0 spiro atoms. The van der Waals surface area contributed by atoms with Crippen molar-refractivity contribution < 1.29 is 5.11 Å². The lowest BCUT2D eigenvalue weighted by atomic mass is 10.2. The highest BCUT2D eigenvalue weighted by Crippen LogP contribution is 2.31. The zero-order valence-corrected chi connectivity index (χ0v) is 7.73. The van der Waals surface area contributed by atoms with Gasteiger partial charge in [-0.1, -0.05) is 0 Å². The van der Waals surface area contributed by atoms with Gasteiger partial charge in [0.05, 0.1) is 11.9 Å². The number of aliphatic hydroxyl groups is 1. The van der Waals surface area contributed by atoms with Gasteiger partial charge in [-0.05, 0) is 17.7 Å². The Balaban J connectivity index is 2.56. The molecule has 1 aromatic heterocycles. The molecule has 1 aliphatic heterocycles. The summed E-state index contributed by atoms with van der Waals surface area (Å²) < 4.78 is 0. The molecule has 1 unspecified atom stereocenters. The van der Waals surface area contributed by atoms with Crippen molar-refractivity contribution in [3.8, 4) is 0 Å². The number of hydrogen-bond donors (Lipinski definition) is 1. The van der Waals surface area contributed by atoms with Gasteiger partial charge in [0.2, 0.25) is 5.29 Å². The van der Waals surface area contributed by atoms with Gasteiger partial charge in [-0.2, -0.15) is 0 Å². The molecule has 1 atom stereocenters. The Morgan fingerprint density at radius 2 is 2.38 bits per heavy atom. The Morgan fingerprint density at radius 1 is 1.62 bits per heavy atom. The number of amidine groups is 1. The highest BCUT2D eigenvalue weighted by molar-refractivity contribution is 6.64. The fourth-order valence-electron chi connectivity index (χ4n) is 1.20. The molecule has 0 amide bonds. The molecule has 0 bridgehead atoms. The maximum absolute atomic E-state index is 9.73. The van der Waals surface area contributed by atoms with E-state index in [1.807, 2.05) is 0 Å². The Hall–Kier alpha value is -1.13. The molecule has 1 aromatic rings. The number of nitrogens with zero attached hydrogens (tertiary/aromatic N) is 3. The van der Waals surface area contributed by atoms with E-state index < -0.39 is 6.23 Å². The van der Waals surface area contributed by atoms with Gasteiger partial charge in [0.1, 0.15) is 0 Å². The van der Waals surface area contributed by atoms with E-state index in [2.05, 4.69) is 9.98 Å². The minimum Gasteiger partial charge on any atom is -0.369 e. The molecule has 2 heterocycles. The summed E-state index contributed by atoms with van der Waals surface area (Å²) in [6, 6.07) is 1.73. The Kier molecular flexibility index (Phi) is 1.94. The van der Waals surface area contributed by atoms with E-state index in [0.29, 0.717) is 5.69 Å². The minimum absolute atomic E-state index is 0.271.